The van der Waals surface area contributed by atoms with Crippen molar-refractivity contribution in [3.8, 4) is 6.07 Å². The van der Waals surface area contributed by atoms with Gasteiger partial charge in [0.05, 0.1) is 0 Å². The van der Waals surface area contributed by atoms with Gasteiger partial charge >= 0.3 is 0 Å². The topological polar surface area (TPSA) is 44.1 Å². The highest BCUT2D eigenvalue weighted by Gasteiger charge is 2.24. The lowest BCUT2D eigenvalue weighted by Gasteiger charge is -2.26. The zero-order valence-corrected chi connectivity index (χ0v) is 10.9. The summed E-state index contributed by atoms with van der Waals surface area (Å²) in [5, 5.41) is 8.94. The Hall–Kier alpha value is -1.30. The van der Waals surface area contributed by atoms with Gasteiger partial charge < -0.3 is 4.90 Å². The highest BCUT2D eigenvalue weighted by molar-refractivity contribution is 5.97. The zero-order chi connectivity index (χ0) is 12.7. The van der Waals surface area contributed by atoms with Gasteiger partial charge in [0.2, 0.25) is 0 Å². The van der Waals surface area contributed by atoms with E-state index in [1.54, 1.807) is 0 Å². The van der Waals surface area contributed by atoms with Gasteiger partial charge in [0, 0.05) is 13.1 Å². The fourth-order valence-electron chi connectivity index (χ4n) is 1.92. The van der Waals surface area contributed by atoms with Crippen molar-refractivity contribution in [2.75, 3.05) is 13.1 Å². The van der Waals surface area contributed by atoms with Crippen molar-refractivity contribution in [1.82, 2.24) is 4.90 Å². The number of nitrogens with zero attached hydrogens (tertiary/aromatic N) is 2. The van der Waals surface area contributed by atoms with Gasteiger partial charge in [0.15, 0.2) is 0 Å². The molecule has 0 radical (unpaired) electrons. The molecular formula is C14H22N2O. The average Bonchev–Trinajstić information content (AvgIpc) is 3.22. The number of hydrogen-bond acceptors (Lipinski definition) is 2. The fraction of sp³-hybridized carbons (Fsp3) is 0.714. The van der Waals surface area contributed by atoms with Crippen LogP contribution < -0.4 is 0 Å². The number of nitriles is 1. The summed E-state index contributed by atoms with van der Waals surface area (Å²) in [5.41, 5.74) is 0.361. The summed E-state index contributed by atoms with van der Waals surface area (Å²) in [6.45, 7) is 5.64. The number of amides is 1. The van der Waals surface area contributed by atoms with Crippen molar-refractivity contribution in [2.24, 2.45) is 5.92 Å². The van der Waals surface area contributed by atoms with E-state index >= 15 is 0 Å². The van der Waals surface area contributed by atoms with E-state index in [0.717, 1.165) is 38.8 Å². The van der Waals surface area contributed by atoms with Gasteiger partial charge in [-0.2, -0.15) is 5.26 Å². The number of carbonyl (C=O) groups excluding carboxylic acids is 1. The van der Waals surface area contributed by atoms with E-state index in [1.165, 1.54) is 6.42 Å². The smallest absolute Gasteiger partial charge is 0.264 e. The van der Waals surface area contributed by atoms with Crippen LogP contribution in [0.25, 0.3) is 0 Å². The molecule has 0 spiro atoms. The van der Waals surface area contributed by atoms with Gasteiger partial charge in [-0.15, -0.1) is 0 Å². The Balaban J connectivity index is 0.000000686. The number of rotatable bonds is 2. The zero-order valence-electron chi connectivity index (χ0n) is 10.9. The van der Waals surface area contributed by atoms with Crippen LogP contribution in [0.1, 0.15) is 46.0 Å². The van der Waals surface area contributed by atoms with Crippen molar-refractivity contribution in [1.29, 1.82) is 5.26 Å². The molecule has 1 heterocycles. The predicted octanol–water partition coefficient (Wildman–Crippen LogP) is 2.89. The van der Waals surface area contributed by atoms with Crippen LogP contribution in [0.3, 0.4) is 0 Å². The normalized spacial score (nSPS) is 20.1. The first kappa shape index (κ1) is 13.8. The summed E-state index contributed by atoms with van der Waals surface area (Å²) in [7, 11) is 0. The van der Waals surface area contributed by atoms with Gasteiger partial charge in [0.25, 0.3) is 5.91 Å². The van der Waals surface area contributed by atoms with E-state index in [0.29, 0.717) is 11.5 Å². The predicted molar refractivity (Wildman–Crippen MR) is 68.2 cm³/mol. The Morgan fingerprint density at radius 2 is 1.82 bits per heavy atom. The maximum atomic E-state index is 11.9. The molecule has 2 rings (SSSR count). The van der Waals surface area contributed by atoms with Gasteiger partial charge in [-0.1, -0.05) is 19.9 Å². The molecule has 17 heavy (non-hydrogen) atoms. The SMILES string of the molecule is CC.N#C/C(=C\C1CC1)C(=O)N1CCCCC1. The molecule has 3 nitrogen and oxygen atoms in total. The summed E-state index contributed by atoms with van der Waals surface area (Å²) in [4.78, 5) is 13.7. The Labute approximate surface area is 104 Å². The van der Waals surface area contributed by atoms with Crippen LogP contribution in [-0.2, 0) is 4.79 Å². The third kappa shape index (κ3) is 4.22. The summed E-state index contributed by atoms with van der Waals surface area (Å²) in [6.07, 6.45) is 7.49. The number of hydrogen-bond donors (Lipinski definition) is 0. The van der Waals surface area contributed by atoms with E-state index in [-0.39, 0.29) is 5.91 Å². The van der Waals surface area contributed by atoms with E-state index in [9.17, 15) is 4.79 Å². The van der Waals surface area contributed by atoms with Gasteiger partial charge in [-0.05, 0) is 38.0 Å². The molecule has 1 saturated carbocycles. The van der Waals surface area contributed by atoms with Crippen LogP contribution >= 0.6 is 0 Å². The van der Waals surface area contributed by atoms with Gasteiger partial charge in [-0.3, -0.25) is 4.79 Å². The summed E-state index contributed by atoms with van der Waals surface area (Å²) in [5.74, 6) is 0.442. The Kier molecular flexibility index (Phi) is 5.76. The molecule has 0 unspecified atom stereocenters. The first-order valence-electron chi connectivity index (χ1n) is 6.72. The van der Waals surface area contributed by atoms with Crippen molar-refractivity contribution in [3.63, 3.8) is 0 Å². The van der Waals surface area contributed by atoms with Crippen LogP contribution in [0, 0.1) is 17.2 Å². The standard InChI is InChI=1S/C12H16N2O.C2H6/c13-9-11(8-10-4-5-10)12(15)14-6-2-1-3-7-14;1-2/h8,10H,1-7H2;1-2H3/b11-8+;. The number of allylic oxidation sites excluding steroid dienone is 1. The van der Waals surface area contributed by atoms with Crippen LogP contribution in [-0.4, -0.2) is 23.9 Å². The molecule has 1 aliphatic heterocycles. The van der Waals surface area contributed by atoms with E-state index in [2.05, 4.69) is 0 Å². The third-order valence-electron chi connectivity index (χ3n) is 3.02. The molecule has 94 valence electrons. The molecule has 0 N–H and O–H groups in total. The largest absolute Gasteiger partial charge is 0.338 e. The maximum absolute atomic E-state index is 11.9. The van der Waals surface area contributed by atoms with E-state index in [1.807, 2.05) is 30.9 Å². The molecular weight excluding hydrogens is 212 g/mol. The summed E-state index contributed by atoms with van der Waals surface area (Å²) >= 11 is 0. The maximum Gasteiger partial charge on any atom is 0.264 e. The number of piperidine rings is 1. The second-order valence-electron chi connectivity index (χ2n) is 4.38. The highest BCUT2D eigenvalue weighted by Crippen LogP contribution is 2.31. The highest BCUT2D eigenvalue weighted by atomic mass is 16.2. The van der Waals surface area contributed by atoms with Crippen molar-refractivity contribution < 1.29 is 4.79 Å². The lowest BCUT2D eigenvalue weighted by molar-refractivity contribution is -0.127. The van der Waals surface area contributed by atoms with Gasteiger partial charge in [-0.25, -0.2) is 0 Å². The molecule has 0 aromatic carbocycles. The minimum Gasteiger partial charge on any atom is -0.338 e. The summed E-state index contributed by atoms with van der Waals surface area (Å²) in [6, 6.07) is 2.04. The Morgan fingerprint density at radius 3 is 2.29 bits per heavy atom. The van der Waals surface area contributed by atoms with Gasteiger partial charge in [0.1, 0.15) is 11.6 Å². The third-order valence-corrected chi connectivity index (χ3v) is 3.02. The van der Waals surface area contributed by atoms with Crippen LogP contribution in [0.2, 0.25) is 0 Å². The van der Waals surface area contributed by atoms with Crippen LogP contribution in [0.5, 0.6) is 0 Å². The van der Waals surface area contributed by atoms with Crippen LogP contribution in [0.4, 0.5) is 0 Å². The monoisotopic (exact) mass is 234 g/mol. The molecule has 0 aromatic heterocycles. The molecule has 1 saturated heterocycles. The second kappa shape index (κ2) is 7.11. The molecule has 1 aliphatic carbocycles. The molecule has 0 aromatic rings. The molecule has 0 bridgehead atoms. The number of likely N-dealkylation sites (tertiary alicyclic amines) is 1. The lowest BCUT2D eigenvalue weighted by atomic mass is 10.1. The minimum absolute atomic E-state index is 0.0518. The van der Waals surface area contributed by atoms with Crippen molar-refractivity contribution in [3.05, 3.63) is 11.6 Å². The van der Waals surface area contributed by atoms with Crippen molar-refractivity contribution >= 4 is 5.91 Å². The quantitative estimate of drug-likeness (QED) is 0.544. The lowest BCUT2D eigenvalue weighted by Crippen LogP contribution is -2.36. The fourth-order valence-corrected chi connectivity index (χ4v) is 1.92. The summed E-state index contributed by atoms with van der Waals surface area (Å²) < 4.78 is 0. The van der Waals surface area contributed by atoms with E-state index < -0.39 is 0 Å². The minimum atomic E-state index is -0.0518. The second-order valence-corrected chi connectivity index (χ2v) is 4.38. The van der Waals surface area contributed by atoms with Crippen LogP contribution in [0.15, 0.2) is 11.6 Å². The molecule has 3 heteroatoms. The molecule has 1 amide bonds. The molecule has 0 atom stereocenters. The Morgan fingerprint density at radius 1 is 1.24 bits per heavy atom. The first-order valence-corrected chi connectivity index (χ1v) is 6.72. The molecule has 2 fully saturated rings. The van der Waals surface area contributed by atoms with Crippen molar-refractivity contribution in [2.45, 2.75) is 46.0 Å². The average molecular weight is 234 g/mol. The Bertz CT molecular complexity index is 318. The number of carbonyl (C=O) groups is 1. The first-order chi connectivity index (χ1) is 8.31. The molecule has 2 aliphatic rings. The van der Waals surface area contributed by atoms with E-state index in [4.69, 9.17) is 5.26 Å².